The highest BCUT2D eigenvalue weighted by atomic mass is 16.5. The number of ether oxygens (including phenoxy) is 1. The van der Waals surface area contributed by atoms with E-state index in [-0.39, 0.29) is 6.03 Å². The molecule has 3 N–H and O–H groups in total. The summed E-state index contributed by atoms with van der Waals surface area (Å²) in [5.74, 6) is 0. The Bertz CT molecular complexity index is 344. The summed E-state index contributed by atoms with van der Waals surface area (Å²) in [5, 5.41) is 3.60. The van der Waals surface area contributed by atoms with Gasteiger partial charge in [0.25, 0.3) is 0 Å². The lowest BCUT2D eigenvalue weighted by atomic mass is 10.0. The number of hydrogen-bond acceptors (Lipinski definition) is 4. The second-order valence-electron chi connectivity index (χ2n) is 6.25. The molecule has 2 unspecified atom stereocenters. The van der Waals surface area contributed by atoms with Crippen molar-refractivity contribution < 1.29 is 9.53 Å². The second-order valence-corrected chi connectivity index (χ2v) is 6.25. The van der Waals surface area contributed by atoms with Crippen LogP contribution in [0.4, 0.5) is 4.79 Å². The predicted octanol–water partition coefficient (Wildman–Crippen LogP) is -0.0177. The Hall–Kier alpha value is -0.850. The lowest BCUT2D eigenvalue weighted by Crippen LogP contribution is -2.52. The van der Waals surface area contributed by atoms with Crippen LogP contribution in [-0.4, -0.2) is 73.3 Å². The topological polar surface area (TPSA) is 70.8 Å². The fourth-order valence-corrected chi connectivity index (χ4v) is 3.61. The highest BCUT2D eigenvalue weighted by Crippen LogP contribution is 2.22. The van der Waals surface area contributed by atoms with Crippen LogP contribution in [-0.2, 0) is 4.74 Å². The summed E-state index contributed by atoms with van der Waals surface area (Å²) in [7, 11) is 0. The van der Waals surface area contributed by atoms with E-state index in [1.807, 2.05) is 0 Å². The van der Waals surface area contributed by atoms with Crippen LogP contribution in [0.25, 0.3) is 0 Å². The quantitative estimate of drug-likeness (QED) is 0.763. The molecule has 3 saturated heterocycles. The van der Waals surface area contributed by atoms with Crippen molar-refractivity contribution in [3.63, 3.8) is 0 Å². The number of rotatable bonds is 3. The van der Waals surface area contributed by atoms with Gasteiger partial charge in [0, 0.05) is 38.3 Å². The zero-order chi connectivity index (χ0) is 13.9. The molecule has 0 aliphatic carbocycles. The van der Waals surface area contributed by atoms with Crippen LogP contribution in [0, 0.1) is 0 Å². The summed E-state index contributed by atoms with van der Waals surface area (Å²) >= 11 is 0. The highest BCUT2D eigenvalue weighted by Gasteiger charge is 2.32. The number of nitrogens with two attached hydrogens (primary N) is 1. The minimum atomic E-state index is -0.292. The molecule has 0 bridgehead atoms. The molecular formula is C14H26N4O2. The minimum Gasteiger partial charge on any atom is -0.374 e. The van der Waals surface area contributed by atoms with E-state index in [4.69, 9.17) is 10.5 Å². The number of urea groups is 1. The third-order valence-corrected chi connectivity index (χ3v) is 4.90. The van der Waals surface area contributed by atoms with Gasteiger partial charge in [-0.25, -0.2) is 4.79 Å². The van der Waals surface area contributed by atoms with Gasteiger partial charge in [-0.2, -0.15) is 0 Å². The van der Waals surface area contributed by atoms with E-state index < -0.39 is 0 Å². The molecule has 0 aromatic rings. The van der Waals surface area contributed by atoms with E-state index in [0.717, 1.165) is 45.6 Å². The molecule has 2 atom stereocenters. The molecular weight excluding hydrogens is 256 g/mol. The minimum absolute atomic E-state index is 0.292. The smallest absolute Gasteiger partial charge is 0.314 e. The van der Waals surface area contributed by atoms with E-state index in [1.165, 1.54) is 19.4 Å². The number of carbonyl (C=O) groups is 1. The summed E-state index contributed by atoms with van der Waals surface area (Å²) in [6.07, 6.45) is 4.91. The van der Waals surface area contributed by atoms with E-state index in [9.17, 15) is 4.79 Å². The fourth-order valence-electron chi connectivity index (χ4n) is 3.61. The third-order valence-electron chi connectivity index (χ3n) is 4.90. The first-order chi connectivity index (χ1) is 9.72. The average molecular weight is 282 g/mol. The number of hydrogen-bond donors (Lipinski definition) is 2. The molecule has 3 aliphatic heterocycles. The van der Waals surface area contributed by atoms with Crippen molar-refractivity contribution >= 4 is 6.03 Å². The predicted molar refractivity (Wildman–Crippen MR) is 76.5 cm³/mol. The maximum absolute atomic E-state index is 11.1. The van der Waals surface area contributed by atoms with E-state index in [1.54, 1.807) is 4.90 Å². The lowest BCUT2D eigenvalue weighted by Gasteiger charge is -2.37. The van der Waals surface area contributed by atoms with Crippen molar-refractivity contribution in [3.05, 3.63) is 0 Å². The van der Waals surface area contributed by atoms with Crippen molar-refractivity contribution in [2.75, 3.05) is 39.3 Å². The maximum atomic E-state index is 11.1. The number of primary amides is 1. The van der Waals surface area contributed by atoms with Gasteiger partial charge in [0.05, 0.1) is 12.7 Å². The van der Waals surface area contributed by atoms with Gasteiger partial charge in [0.1, 0.15) is 0 Å². The number of nitrogens with one attached hydrogen (secondary N) is 1. The number of fused-ring (bicyclic) bond motifs is 1. The van der Waals surface area contributed by atoms with Gasteiger partial charge in [-0.15, -0.1) is 0 Å². The van der Waals surface area contributed by atoms with Crippen LogP contribution in [0.2, 0.25) is 0 Å². The largest absolute Gasteiger partial charge is 0.374 e. The zero-order valence-electron chi connectivity index (χ0n) is 12.1. The molecule has 6 nitrogen and oxygen atoms in total. The van der Waals surface area contributed by atoms with Crippen molar-refractivity contribution in [1.29, 1.82) is 0 Å². The van der Waals surface area contributed by atoms with E-state index in [2.05, 4.69) is 10.2 Å². The molecule has 3 aliphatic rings. The molecule has 0 aromatic heterocycles. The number of morpholine rings is 1. The first kappa shape index (κ1) is 14.1. The molecule has 3 heterocycles. The van der Waals surface area contributed by atoms with Crippen LogP contribution in [0.5, 0.6) is 0 Å². The Morgan fingerprint density at radius 1 is 1.25 bits per heavy atom. The molecule has 114 valence electrons. The fraction of sp³-hybridized carbons (Fsp3) is 0.929. The van der Waals surface area contributed by atoms with Crippen LogP contribution < -0.4 is 11.1 Å². The van der Waals surface area contributed by atoms with Crippen molar-refractivity contribution in [3.8, 4) is 0 Å². The first-order valence-electron chi connectivity index (χ1n) is 7.86. The number of carbonyl (C=O) groups excluding carboxylic acids is 1. The highest BCUT2D eigenvalue weighted by molar-refractivity contribution is 5.72. The lowest BCUT2D eigenvalue weighted by molar-refractivity contribution is -0.0483. The first-order valence-corrected chi connectivity index (χ1v) is 7.86. The average Bonchev–Trinajstić information content (AvgIpc) is 2.93. The maximum Gasteiger partial charge on any atom is 0.314 e. The molecule has 0 saturated carbocycles. The second kappa shape index (κ2) is 6.28. The van der Waals surface area contributed by atoms with Crippen molar-refractivity contribution in [2.45, 2.75) is 43.9 Å². The molecule has 6 heteroatoms. The van der Waals surface area contributed by atoms with Crippen LogP contribution in [0.1, 0.15) is 25.7 Å². The zero-order valence-corrected chi connectivity index (χ0v) is 12.1. The Kier molecular flexibility index (Phi) is 4.43. The molecule has 0 radical (unpaired) electrons. The summed E-state index contributed by atoms with van der Waals surface area (Å²) < 4.78 is 5.95. The Balaban J connectivity index is 1.37. The molecule has 20 heavy (non-hydrogen) atoms. The van der Waals surface area contributed by atoms with Gasteiger partial charge in [0.2, 0.25) is 0 Å². The Labute approximate surface area is 120 Å². The molecule has 0 spiro atoms. The summed E-state index contributed by atoms with van der Waals surface area (Å²) in [6.45, 7) is 5.66. The Morgan fingerprint density at radius 3 is 2.80 bits per heavy atom. The standard InChI is InChI=1S/C14H26N4O2/c15-14(19)17-6-3-11(4-7-17)16-8-13-9-18-5-1-2-12(18)10-20-13/h11-13,16H,1-10H2,(H2,15,19). The monoisotopic (exact) mass is 282 g/mol. The van der Waals surface area contributed by atoms with Gasteiger partial charge in [-0.1, -0.05) is 0 Å². The molecule has 3 fully saturated rings. The summed E-state index contributed by atoms with van der Waals surface area (Å²) in [4.78, 5) is 15.4. The van der Waals surface area contributed by atoms with Gasteiger partial charge >= 0.3 is 6.03 Å². The van der Waals surface area contributed by atoms with Gasteiger partial charge < -0.3 is 20.7 Å². The molecule has 3 rings (SSSR count). The normalized spacial score (nSPS) is 32.3. The van der Waals surface area contributed by atoms with Gasteiger partial charge in [0.15, 0.2) is 0 Å². The molecule has 0 aromatic carbocycles. The number of amides is 2. The van der Waals surface area contributed by atoms with Crippen molar-refractivity contribution in [2.24, 2.45) is 5.73 Å². The van der Waals surface area contributed by atoms with Crippen molar-refractivity contribution in [1.82, 2.24) is 15.1 Å². The SMILES string of the molecule is NC(=O)N1CCC(NCC2CN3CCCC3CO2)CC1. The van der Waals surface area contributed by atoms with Crippen LogP contribution in [0.3, 0.4) is 0 Å². The van der Waals surface area contributed by atoms with Gasteiger partial charge in [-0.05, 0) is 32.2 Å². The molecule has 2 amide bonds. The van der Waals surface area contributed by atoms with E-state index in [0.29, 0.717) is 18.2 Å². The third kappa shape index (κ3) is 3.24. The van der Waals surface area contributed by atoms with E-state index >= 15 is 0 Å². The Morgan fingerprint density at radius 2 is 2.05 bits per heavy atom. The number of nitrogens with zero attached hydrogens (tertiary/aromatic N) is 2. The summed E-state index contributed by atoms with van der Waals surface area (Å²) in [6, 6.07) is 0.870. The van der Waals surface area contributed by atoms with Gasteiger partial charge in [-0.3, -0.25) is 4.90 Å². The summed E-state index contributed by atoms with van der Waals surface area (Å²) in [5.41, 5.74) is 5.29. The number of piperidine rings is 1. The number of likely N-dealkylation sites (tertiary alicyclic amines) is 1. The van der Waals surface area contributed by atoms with Crippen LogP contribution in [0.15, 0.2) is 0 Å². The van der Waals surface area contributed by atoms with Crippen LogP contribution >= 0.6 is 0 Å².